The molecule has 3 atom stereocenters. The first-order valence-corrected chi connectivity index (χ1v) is 29.7. The molecule has 0 rings (SSSR count). The summed E-state index contributed by atoms with van der Waals surface area (Å²) in [4.78, 5) is 25.5. The van der Waals surface area contributed by atoms with Crippen molar-refractivity contribution < 1.29 is 32.9 Å². The molecule has 386 valence electrons. The molecule has 2 N–H and O–H groups in total. The number of hydrogen-bond donors (Lipinski definition) is 2. The first-order valence-electron chi connectivity index (χ1n) is 28.2. The second-order valence-electron chi connectivity index (χ2n) is 20.6. The predicted octanol–water partition coefficient (Wildman–Crippen LogP) is 16.2. The normalized spacial score (nSPS) is 14.1. The molecular weight excluding hydrogens is 828 g/mol. The van der Waals surface area contributed by atoms with Gasteiger partial charge in [0.2, 0.25) is 5.91 Å². The Balaban J connectivity index is 4.23. The van der Waals surface area contributed by atoms with Crippen LogP contribution in [0.3, 0.4) is 0 Å². The number of nitrogens with one attached hydrogen (secondary N) is 1. The summed E-state index contributed by atoms with van der Waals surface area (Å²) in [5.74, 6) is -0.198. The molecule has 0 bridgehead atoms. The maximum absolute atomic E-state index is 13.0. The molecule has 0 spiro atoms. The molecule has 0 aliphatic rings. The van der Waals surface area contributed by atoms with Crippen molar-refractivity contribution in [1.82, 2.24) is 5.32 Å². The second-order valence-corrected chi connectivity index (χ2v) is 22.1. The molecule has 0 saturated heterocycles. The zero-order valence-electron chi connectivity index (χ0n) is 44.0. The molecule has 3 unspecified atom stereocenters. The number of rotatable bonds is 52. The first kappa shape index (κ1) is 64.0. The van der Waals surface area contributed by atoms with Crippen LogP contribution >= 0.6 is 7.82 Å². The quantitative estimate of drug-likeness (QED) is 0.0272. The van der Waals surface area contributed by atoms with E-state index in [-0.39, 0.29) is 19.1 Å². The highest BCUT2D eigenvalue weighted by Gasteiger charge is 2.23. The van der Waals surface area contributed by atoms with E-state index < -0.39 is 20.0 Å². The highest BCUT2D eigenvalue weighted by atomic mass is 31.2. The van der Waals surface area contributed by atoms with E-state index in [1.807, 2.05) is 27.2 Å². The lowest BCUT2D eigenvalue weighted by Crippen LogP contribution is -2.45. The van der Waals surface area contributed by atoms with Crippen molar-refractivity contribution in [2.45, 2.75) is 289 Å². The van der Waals surface area contributed by atoms with E-state index in [1.54, 1.807) is 6.08 Å². The number of nitrogens with zero attached hydrogens (tertiary/aromatic N) is 1. The number of allylic oxidation sites excluding steroid dienone is 3. The zero-order valence-corrected chi connectivity index (χ0v) is 44.9. The first-order chi connectivity index (χ1) is 31.5. The SMILES string of the molecule is CCCCCCCCCCCCCC/C=C\CCCCCCCCCC(=O)NC(COP(=O)([O-])OCC[N+](C)(C)C)C(O)/C=C/CCCCCCCCCCCCCCCCCCCC. The number of amides is 1. The van der Waals surface area contributed by atoms with E-state index in [9.17, 15) is 19.4 Å². The standard InChI is InChI=1S/C56H111N2O6P/c1-6-8-10-12-14-16-18-20-22-24-26-28-29-30-32-34-36-38-40-42-44-46-48-50-56(60)57-54(53-64-65(61,62)63-52-51-58(3,4)5)55(59)49-47-45-43-41-39-37-35-33-31-27-25-23-21-19-17-15-13-11-9-7-2/h30,32,47,49,54-55,59H,6-29,31,33-46,48,50-53H2,1-5H3,(H-,57,60,61,62)/b32-30-,49-47+. The summed E-state index contributed by atoms with van der Waals surface area (Å²) in [5.41, 5.74) is 0. The van der Waals surface area contributed by atoms with Gasteiger partial charge in [-0.15, -0.1) is 0 Å². The van der Waals surface area contributed by atoms with Crippen LogP contribution in [0.1, 0.15) is 277 Å². The summed E-state index contributed by atoms with van der Waals surface area (Å²) < 4.78 is 23.3. The Bertz CT molecular complexity index is 1110. The van der Waals surface area contributed by atoms with Crippen LogP contribution in [0, 0.1) is 0 Å². The van der Waals surface area contributed by atoms with Crippen molar-refractivity contribution in [3.8, 4) is 0 Å². The number of carbonyl (C=O) groups is 1. The maximum Gasteiger partial charge on any atom is 0.268 e. The average molecular weight is 939 g/mol. The molecule has 0 aliphatic carbocycles. The fourth-order valence-electron chi connectivity index (χ4n) is 8.44. The maximum atomic E-state index is 13.0. The van der Waals surface area contributed by atoms with Gasteiger partial charge in [0.1, 0.15) is 13.2 Å². The number of aliphatic hydroxyl groups is 1. The lowest BCUT2D eigenvalue weighted by Gasteiger charge is -2.29. The molecule has 65 heavy (non-hydrogen) atoms. The van der Waals surface area contributed by atoms with Crippen LogP contribution in [0.5, 0.6) is 0 Å². The summed E-state index contributed by atoms with van der Waals surface area (Å²) in [7, 11) is 1.27. The Morgan fingerprint density at radius 2 is 0.846 bits per heavy atom. The van der Waals surface area contributed by atoms with Gasteiger partial charge in [-0.2, -0.15) is 0 Å². The van der Waals surface area contributed by atoms with Crippen LogP contribution in [-0.4, -0.2) is 68.5 Å². The molecule has 0 fully saturated rings. The molecule has 0 radical (unpaired) electrons. The van der Waals surface area contributed by atoms with Gasteiger partial charge in [-0.1, -0.05) is 250 Å². The van der Waals surface area contributed by atoms with E-state index in [0.29, 0.717) is 17.4 Å². The molecule has 0 saturated carbocycles. The Labute approximate surface area is 404 Å². The predicted molar refractivity (Wildman–Crippen MR) is 279 cm³/mol. The third-order valence-electron chi connectivity index (χ3n) is 12.9. The highest BCUT2D eigenvalue weighted by Crippen LogP contribution is 2.38. The third kappa shape index (κ3) is 50.7. The van der Waals surface area contributed by atoms with Crippen LogP contribution in [0.25, 0.3) is 0 Å². The van der Waals surface area contributed by atoms with Gasteiger partial charge in [0, 0.05) is 6.42 Å². The molecule has 0 aromatic heterocycles. The Morgan fingerprint density at radius 3 is 1.20 bits per heavy atom. The Hall–Kier alpha value is -1.02. The smallest absolute Gasteiger partial charge is 0.268 e. The van der Waals surface area contributed by atoms with E-state index in [2.05, 4.69) is 31.3 Å². The number of carbonyl (C=O) groups excluding carboxylic acids is 1. The number of phosphoric acid groups is 1. The van der Waals surface area contributed by atoms with Crippen LogP contribution in [0.4, 0.5) is 0 Å². The summed E-state index contributed by atoms with van der Waals surface area (Å²) in [6.45, 7) is 4.69. The molecule has 0 aliphatic heterocycles. The van der Waals surface area contributed by atoms with Gasteiger partial charge in [0.15, 0.2) is 0 Å². The Morgan fingerprint density at radius 1 is 0.523 bits per heavy atom. The van der Waals surface area contributed by atoms with Crippen molar-refractivity contribution in [3.05, 3.63) is 24.3 Å². The summed E-state index contributed by atoms with van der Waals surface area (Å²) in [6.07, 6.45) is 59.6. The molecule has 8 nitrogen and oxygen atoms in total. The minimum Gasteiger partial charge on any atom is -0.756 e. The van der Waals surface area contributed by atoms with Gasteiger partial charge < -0.3 is 28.8 Å². The monoisotopic (exact) mass is 939 g/mol. The lowest BCUT2D eigenvalue weighted by molar-refractivity contribution is -0.870. The van der Waals surface area contributed by atoms with Gasteiger partial charge >= 0.3 is 0 Å². The molecule has 0 heterocycles. The zero-order chi connectivity index (χ0) is 47.8. The van der Waals surface area contributed by atoms with Gasteiger partial charge in [-0.05, 0) is 44.9 Å². The summed E-state index contributed by atoms with van der Waals surface area (Å²) >= 11 is 0. The number of likely N-dealkylation sites (N-methyl/N-ethyl adjacent to an activating group) is 1. The number of phosphoric ester groups is 1. The van der Waals surface area contributed by atoms with Crippen molar-refractivity contribution in [2.24, 2.45) is 0 Å². The Kier molecular flexibility index (Phi) is 47.3. The summed E-state index contributed by atoms with van der Waals surface area (Å²) in [5, 5.41) is 13.9. The molecule has 0 aromatic carbocycles. The van der Waals surface area contributed by atoms with E-state index in [1.165, 1.54) is 218 Å². The van der Waals surface area contributed by atoms with E-state index in [4.69, 9.17) is 9.05 Å². The van der Waals surface area contributed by atoms with Crippen molar-refractivity contribution in [2.75, 3.05) is 40.9 Å². The molecular formula is C56H111N2O6P. The number of quaternary nitrogens is 1. The fourth-order valence-corrected chi connectivity index (χ4v) is 9.17. The lowest BCUT2D eigenvalue weighted by atomic mass is 10.0. The van der Waals surface area contributed by atoms with E-state index >= 15 is 0 Å². The van der Waals surface area contributed by atoms with Crippen LogP contribution in [-0.2, 0) is 18.4 Å². The minimum absolute atomic E-state index is 0.000252. The fraction of sp³-hybridized carbons (Fsp3) is 0.911. The average Bonchev–Trinajstić information content (AvgIpc) is 3.26. The van der Waals surface area contributed by atoms with Gasteiger partial charge in [0.05, 0.1) is 39.9 Å². The largest absolute Gasteiger partial charge is 0.756 e. The van der Waals surface area contributed by atoms with Crippen molar-refractivity contribution >= 4 is 13.7 Å². The van der Waals surface area contributed by atoms with Gasteiger partial charge in [-0.25, -0.2) is 0 Å². The molecule has 0 aromatic rings. The highest BCUT2D eigenvalue weighted by molar-refractivity contribution is 7.45. The van der Waals surface area contributed by atoms with Crippen LogP contribution in [0.2, 0.25) is 0 Å². The topological polar surface area (TPSA) is 108 Å². The summed E-state index contributed by atoms with van der Waals surface area (Å²) in [6, 6.07) is -0.887. The third-order valence-corrected chi connectivity index (χ3v) is 13.9. The van der Waals surface area contributed by atoms with Crippen molar-refractivity contribution in [3.63, 3.8) is 0 Å². The number of hydrogen-bond acceptors (Lipinski definition) is 6. The van der Waals surface area contributed by atoms with Crippen LogP contribution in [0.15, 0.2) is 24.3 Å². The second kappa shape index (κ2) is 48.0. The number of unbranched alkanes of at least 4 members (excludes halogenated alkanes) is 37. The van der Waals surface area contributed by atoms with E-state index in [0.717, 1.165) is 38.5 Å². The molecule has 1 amide bonds. The van der Waals surface area contributed by atoms with Crippen molar-refractivity contribution in [1.29, 1.82) is 0 Å². The number of aliphatic hydroxyl groups excluding tert-OH is 1. The minimum atomic E-state index is -4.59. The van der Waals surface area contributed by atoms with Gasteiger partial charge in [-0.3, -0.25) is 9.36 Å². The van der Waals surface area contributed by atoms with Crippen LogP contribution < -0.4 is 10.2 Å². The van der Waals surface area contributed by atoms with Gasteiger partial charge in [0.25, 0.3) is 7.82 Å². The molecule has 9 heteroatoms.